The third kappa shape index (κ3) is 5.35. The molecule has 1 atom stereocenters. The quantitative estimate of drug-likeness (QED) is 0.806. The van der Waals surface area contributed by atoms with Gasteiger partial charge in [0.15, 0.2) is 0 Å². The standard InChI is InChI=1S/C17H18F3NO2S/c1-23-15(13-8-9-24-11-13)10-21-16(22)7-4-12-2-5-14(6-3-12)17(18,19)20/h2-3,5-6,8-9,11,15H,4,7,10H2,1H3,(H,21,22). The predicted molar refractivity (Wildman–Crippen MR) is 86.8 cm³/mol. The van der Waals surface area contributed by atoms with Crippen LogP contribution in [0, 0.1) is 0 Å². The molecule has 0 aliphatic carbocycles. The molecule has 0 radical (unpaired) electrons. The fourth-order valence-corrected chi connectivity index (χ4v) is 2.91. The molecule has 130 valence electrons. The molecule has 2 aromatic rings. The number of amides is 1. The first-order chi connectivity index (χ1) is 11.4. The van der Waals surface area contributed by atoms with Gasteiger partial charge in [-0.2, -0.15) is 24.5 Å². The van der Waals surface area contributed by atoms with Crippen LogP contribution in [-0.2, 0) is 22.1 Å². The molecular formula is C17H18F3NO2S. The summed E-state index contributed by atoms with van der Waals surface area (Å²) in [6, 6.07) is 6.81. The molecule has 0 fully saturated rings. The van der Waals surface area contributed by atoms with E-state index in [1.807, 2.05) is 16.8 Å². The fourth-order valence-electron chi connectivity index (χ4n) is 2.21. The lowest BCUT2D eigenvalue weighted by molar-refractivity contribution is -0.137. The van der Waals surface area contributed by atoms with Crippen LogP contribution in [0.15, 0.2) is 41.1 Å². The van der Waals surface area contributed by atoms with Crippen LogP contribution >= 0.6 is 11.3 Å². The largest absolute Gasteiger partial charge is 0.416 e. The summed E-state index contributed by atoms with van der Waals surface area (Å²) in [5.74, 6) is -0.160. The summed E-state index contributed by atoms with van der Waals surface area (Å²) in [4.78, 5) is 11.9. The summed E-state index contributed by atoms with van der Waals surface area (Å²) in [6.07, 6.45) is -3.94. The normalized spacial score (nSPS) is 12.8. The number of alkyl halides is 3. The topological polar surface area (TPSA) is 38.3 Å². The van der Waals surface area contributed by atoms with E-state index in [0.717, 1.165) is 17.7 Å². The van der Waals surface area contributed by atoms with E-state index in [0.29, 0.717) is 18.5 Å². The predicted octanol–water partition coefficient (Wildman–Crippen LogP) is 4.20. The number of rotatable bonds is 7. The van der Waals surface area contributed by atoms with E-state index in [2.05, 4.69) is 5.32 Å². The first-order valence-corrected chi connectivity index (χ1v) is 8.32. The van der Waals surface area contributed by atoms with Gasteiger partial charge in [-0.05, 0) is 46.5 Å². The molecule has 0 spiro atoms. The number of ether oxygens (including phenoxy) is 1. The van der Waals surface area contributed by atoms with Crippen LogP contribution in [0.25, 0.3) is 0 Å². The van der Waals surface area contributed by atoms with Crippen LogP contribution < -0.4 is 5.32 Å². The van der Waals surface area contributed by atoms with Gasteiger partial charge in [0, 0.05) is 20.1 Å². The summed E-state index contributed by atoms with van der Waals surface area (Å²) < 4.78 is 42.8. The highest BCUT2D eigenvalue weighted by atomic mass is 32.1. The van der Waals surface area contributed by atoms with Gasteiger partial charge in [0.05, 0.1) is 5.56 Å². The summed E-state index contributed by atoms with van der Waals surface area (Å²) in [6.45, 7) is 0.360. The molecule has 1 aromatic heterocycles. The lowest BCUT2D eigenvalue weighted by atomic mass is 10.1. The molecule has 1 N–H and O–H groups in total. The minimum atomic E-state index is -4.34. The molecule has 0 saturated heterocycles. The van der Waals surface area contributed by atoms with Crippen LogP contribution in [0.1, 0.15) is 29.2 Å². The number of methoxy groups -OCH3 is 1. The highest BCUT2D eigenvalue weighted by molar-refractivity contribution is 7.07. The Morgan fingerprint density at radius 1 is 1.25 bits per heavy atom. The molecule has 0 aliphatic rings. The van der Waals surface area contributed by atoms with Gasteiger partial charge >= 0.3 is 6.18 Å². The Labute approximate surface area is 142 Å². The minimum Gasteiger partial charge on any atom is -0.375 e. The first-order valence-electron chi connectivity index (χ1n) is 7.38. The summed E-state index contributed by atoms with van der Waals surface area (Å²) in [5.41, 5.74) is 1.01. The van der Waals surface area contributed by atoms with Crippen LogP contribution in [0.5, 0.6) is 0 Å². The van der Waals surface area contributed by atoms with Crippen LogP contribution in [0.2, 0.25) is 0 Å². The number of carbonyl (C=O) groups is 1. The molecule has 1 aromatic carbocycles. The van der Waals surface area contributed by atoms with Gasteiger partial charge in [0.25, 0.3) is 0 Å². The third-order valence-electron chi connectivity index (χ3n) is 3.61. The van der Waals surface area contributed by atoms with Crippen molar-refractivity contribution in [2.45, 2.75) is 25.1 Å². The Bertz CT molecular complexity index is 639. The maximum Gasteiger partial charge on any atom is 0.416 e. The maximum absolute atomic E-state index is 12.5. The number of thiophene rings is 1. The zero-order valence-corrected chi connectivity index (χ0v) is 13.9. The smallest absolute Gasteiger partial charge is 0.375 e. The Kier molecular flexibility index (Phi) is 6.39. The summed E-state index contributed by atoms with van der Waals surface area (Å²) in [7, 11) is 1.58. The second kappa shape index (κ2) is 8.30. The van der Waals surface area contributed by atoms with Crippen molar-refractivity contribution in [2.24, 2.45) is 0 Å². The molecule has 0 aliphatic heterocycles. The van der Waals surface area contributed by atoms with Crippen molar-refractivity contribution < 1.29 is 22.7 Å². The van der Waals surface area contributed by atoms with E-state index in [-0.39, 0.29) is 18.4 Å². The van der Waals surface area contributed by atoms with Crippen molar-refractivity contribution in [3.05, 3.63) is 57.8 Å². The number of aryl methyl sites for hydroxylation is 1. The van der Waals surface area contributed by atoms with Crippen molar-refractivity contribution in [1.29, 1.82) is 0 Å². The van der Waals surface area contributed by atoms with Crippen LogP contribution in [0.3, 0.4) is 0 Å². The third-order valence-corrected chi connectivity index (χ3v) is 4.31. The van der Waals surface area contributed by atoms with Gasteiger partial charge in [-0.3, -0.25) is 4.79 Å². The highest BCUT2D eigenvalue weighted by Gasteiger charge is 2.29. The lowest BCUT2D eigenvalue weighted by Gasteiger charge is -2.15. The van der Waals surface area contributed by atoms with Gasteiger partial charge in [-0.1, -0.05) is 12.1 Å². The van der Waals surface area contributed by atoms with Crippen molar-refractivity contribution in [3.63, 3.8) is 0 Å². The molecule has 7 heteroatoms. The second-order valence-corrected chi connectivity index (χ2v) is 6.06. The number of hydrogen-bond acceptors (Lipinski definition) is 3. The van der Waals surface area contributed by atoms with E-state index < -0.39 is 11.7 Å². The van der Waals surface area contributed by atoms with Gasteiger partial charge < -0.3 is 10.1 Å². The fraction of sp³-hybridized carbons (Fsp3) is 0.353. The number of nitrogens with one attached hydrogen (secondary N) is 1. The number of hydrogen-bond donors (Lipinski definition) is 1. The number of halogens is 3. The van der Waals surface area contributed by atoms with Crippen molar-refractivity contribution in [2.75, 3.05) is 13.7 Å². The van der Waals surface area contributed by atoms with Gasteiger partial charge in [0.2, 0.25) is 5.91 Å². The number of carbonyl (C=O) groups excluding carboxylic acids is 1. The van der Waals surface area contributed by atoms with Gasteiger partial charge in [0.1, 0.15) is 6.10 Å². The molecule has 0 bridgehead atoms. The highest BCUT2D eigenvalue weighted by Crippen LogP contribution is 2.29. The van der Waals surface area contributed by atoms with Crippen molar-refractivity contribution >= 4 is 17.2 Å². The van der Waals surface area contributed by atoms with Crippen LogP contribution in [-0.4, -0.2) is 19.6 Å². The van der Waals surface area contributed by atoms with E-state index >= 15 is 0 Å². The van der Waals surface area contributed by atoms with E-state index in [9.17, 15) is 18.0 Å². The lowest BCUT2D eigenvalue weighted by Crippen LogP contribution is -2.29. The zero-order chi connectivity index (χ0) is 17.6. The van der Waals surface area contributed by atoms with E-state index in [1.54, 1.807) is 18.4 Å². The maximum atomic E-state index is 12.5. The molecule has 1 amide bonds. The van der Waals surface area contributed by atoms with Crippen molar-refractivity contribution in [3.8, 4) is 0 Å². The summed E-state index contributed by atoms with van der Waals surface area (Å²) in [5, 5.41) is 6.69. The van der Waals surface area contributed by atoms with Crippen LogP contribution in [0.4, 0.5) is 13.2 Å². The monoisotopic (exact) mass is 357 g/mol. The van der Waals surface area contributed by atoms with Crippen molar-refractivity contribution in [1.82, 2.24) is 5.32 Å². The first kappa shape index (κ1) is 18.5. The molecule has 1 unspecified atom stereocenters. The van der Waals surface area contributed by atoms with E-state index in [1.165, 1.54) is 12.1 Å². The molecular weight excluding hydrogens is 339 g/mol. The SMILES string of the molecule is COC(CNC(=O)CCc1ccc(C(F)(F)F)cc1)c1ccsc1. The summed E-state index contributed by atoms with van der Waals surface area (Å²) >= 11 is 1.56. The second-order valence-electron chi connectivity index (χ2n) is 5.28. The molecule has 3 nitrogen and oxygen atoms in total. The van der Waals surface area contributed by atoms with Gasteiger partial charge in [-0.25, -0.2) is 0 Å². The van der Waals surface area contributed by atoms with E-state index in [4.69, 9.17) is 4.74 Å². The number of benzene rings is 1. The molecule has 2 rings (SSSR count). The Morgan fingerprint density at radius 3 is 2.50 bits per heavy atom. The molecule has 24 heavy (non-hydrogen) atoms. The molecule has 1 heterocycles. The Balaban J connectivity index is 1.78. The average molecular weight is 357 g/mol. The van der Waals surface area contributed by atoms with Gasteiger partial charge in [-0.15, -0.1) is 0 Å². The minimum absolute atomic E-state index is 0.160. The molecule has 0 saturated carbocycles. The average Bonchev–Trinajstić information content (AvgIpc) is 3.07. The Morgan fingerprint density at radius 2 is 1.96 bits per heavy atom. The zero-order valence-electron chi connectivity index (χ0n) is 13.1. The Hall–Kier alpha value is -1.86.